The first-order chi connectivity index (χ1) is 7.66. The second-order valence-electron chi connectivity index (χ2n) is 3.79. The number of nitrogens with two attached hydrogens (primary N) is 1. The number of aryl methyl sites for hydroxylation is 1. The van der Waals surface area contributed by atoms with Crippen molar-refractivity contribution in [2.75, 3.05) is 0 Å². The molecule has 0 aromatic carbocycles. The molecular formula is C12H13BrN2S. The largest absolute Gasteiger partial charge is 0.323 e. The van der Waals surface area contributed by atoms with E-state index in [4.69, 9.17) is 5.73 Å². The summed E-state index contributed by atoms with van der Waals surface area (Å²) >= 11 is 5.14. The van der Waals surface area contributed by atoms with Crippen LogP contribution >= 0.6 is 27.3 Å². The summed E-state index contributed by atoms with van der Waals surface area (Å²) in [6.45, 7) is 2.10. The lowest BCUT2D eigenvalue weighted by Gasteiger charge is -2.11. The van der Waals surface area contributed by atoms with Crippen LogP contribution in [-0.2, 0) is 6.42 Å². The zero-order valence-electron chi connectivity index (χ0n) is 8.98. The van der Waals surface area contributed by atoms with Gasteiger partial charge in [-0.15, -0.1) is 11.3 Å². The molecule has 2 N–H and O–H groups in total. The van der Waals surface area contributed by atoms with Crippen molar-refractivity contribution in [3.8, 4) is 0 Å². The van der Waals surface area contributed by atoms with Gasteiger partial charge in [0.1, 0.15) is 0 Å². The molecule has 0 aliphatic heterocycles. The molecule has 0 aliphatic carbocycles. The van der Waals surface area contributed by atoms with E-state index in [0.29, 0.717) is 0 Å². The van der Waals surface area contributed by atoms with E-state index in [2.05, 4.69) is 45.4 Å². The van der Waals surface area contributed by atoms with Crippen molar-refractivity contribution in [3.63, 3.8) is 0 Å². The van der Waals surface area contributed by atoms with Crippen molar-refractivity contribution in [1.29, 1.82) is 0 Å². The van der Waals surface area contributed by atoms with Crippen molar-refractivity contribution in [2.24, 2.45) is 5.73 Å². The van der Waals surface area contributed by atoms with E-state index in [-0.39, 0.29) is 6.04 Å². The van der Waals surface area contributed by atoms with Crippen LogP contribution in [0, 0.1) is 6.92 Å². The van der Waals surface area contributed by atoms with E-state index in [9.17, 15) is 0 Å². The van der Waals surface area contributed by atoms with Crippen LogP contribution in [0.25, 0.3) is 0 Å². The Hall–Kier alpha value is -0.710. The van der Waals surface area contributed by atoms with Gasteiger partial charge in [-0.1, -0.05) is 0 Å². The summed E-state index contributed by atoms with van der Waals surface area (Å²) in [5, 5.41) is 2.09. The van der Waals surface area contributed by atoms with E-state index in [1.165, 1.54) is 10.4 Å². The maximum absolute atomic E-state index is 6.19. The normalized spacial score (nSPS) is 12.7. The van der Waals surface area contributed by atoms with Gasteiger partial charge in [0.15, 0.2) is 0 Å². The fourth-order valence-corrected chi connectivity index (χ4v) is 3.02. The predicted octanol–water partition coefficient (Wildman–Crippen LogP) is 3.46. The zero-order valence-corrected chi connectivity index (χ0v) is 11.4. The maximum atomic E-state index is 6.19. The van der Waals surface area contributed by atoms with Gasteiger partial charge in [0.05, 0.1) is 0 Å². The molecule has 2 aromatic heterocycles. The highest BCUT2D eigenvalue weighted by Crippen LogP contribution is 2.25. The third-order valence-electron chi connectivity index (χ3n) is 2.46. The van der Waals surface area contributed by atoms with Gasteiger partial charge in [0.25, 0.3) is 0 Å². The summed E-state index contributed by atoms with van der Waals surface area (Å²) in [5.74, 6) is 0. The predicted molar refractivity (Wildman–Crippen MR) is 71.6 cm³/mol. The SMILES string of the molecule is Cc1ccsc1C(N)Cc1cncc(Br)c1. The van der Waals surface area contributed by atoms with Gasteiger partial charge >= 0.3 is 0 Å². The van der Waals surface area contributed by atoms with E-state index in [1.54, 1.807) is 17.5 Å². The molecule has 0 spiro atoms. The van der Waals surface area contributed by atoms with Crippen molar-refractivity contribution in [1.82, 2.24) is 4.98 Å². The molecule has 0 amide bonds. The summed E-state index contributed by atoms with van der Waals surface area (Å²) in [4.78, 5) is 5.41. The fourth-order valence-electron chi connectivity index (χ4n) is 1.68. The number of rotatable bonds is 3. The molecular weight excluding hydrogens is 284 g/mol. The van der Waals surface area contributed by atoms with Crippen molar-refractivity contribution in [2.45, 2.75) is 19.4 Å². The fraction of sp³-hybridized carbons (Fsp3) is 0.250. The summed E-state index contributed by atoms with van der Waals surface area (Å²) in [5.41, 5.74) is 8.63. The molecule has 0 bridgehead atoms. The average Bonchev–Trinajstić information content (AvgIpc) is 2.64. The molecule has 0 radical (unpaired) electrons. The molecule has 2 heterocycles. The van der Waals surface area contributed by atoms with Crippen LogP contribution in [0.1, 0.15) is 22.0 Å². The quantitative estimate of drug-likeness (QED) is 0.942. The van der Waals surface area contributed by atoms with Gasteiger partial charge in [-0.25, -0.2) is 0 Å². The Morgan fingerprint density at radius 3 is 2.94 bits per heavy atom. The van der Waals surface area contributed by atoms with Crippen LogP contribution in [0.5, 0.6) is 0 Å². The zero-order chi connectivity index (χ0) is 11.5. The lowest BCUT2D eigenvalue weighted by molar-refractivity contribution is 0.729. The Morgan fingerprint density at radius 1 is 1.50 bits per heavy atom. The van der Waals surface area contributed by atoms with Gasteiger partial charge in [-0.2, -0.15) is 0 Å². The van der Waals surface area contributed by atoms with Gasteiger partial charge in [-0.05, 0) is 57.9 Å². The Morgan fingerprint density at radius 2 is 2.31 bits per heavy atom. The monoisotopic (exact) mass is 296 g/mol. The smallest absolute Gasteiger partial charge is 0.0433 e. The van der Waals surface area contributed by atoms with Crippen LogP contribution in [-0.4, -0.2) is 4.98 Å². The molecule has 2 nitrogen and oxygen atoms in total. The molecule has 2 rings (SSSR count). The van der Waals surface area contributed by atoms with Crippen molar-refractivity contribution in [3.05, 3.63) is 50.4 Å². The van der Waals surface area contributed by atoms with Crippen molar-refractivity contribution >= 4 is 27.3 Å². The van der Waals surface area contributed by atoms with E-state index in [1.807, 2.05) is 6.20 Å². The third kappa shape index (κ3) is 2.70. The summed E-state index contributed by atoms with van der Waals surface area (Å²) in [6, 6.07) is 4.24. The Kier molecular flexibility index (Phi) is 3.74. The number of aromatic nitrogens is 1. The molecule has 0 fully saturated rings. The minimum Gasteiger partial charge on any atom is -0.323 e. The number of pyridine rings is 1. The number of nitrogens with zero attached hydrogens (tertiary/aromatic N) is 1. The number of thiophene rings is 1. The molecule has 0 aliphatic rings. The lowest BCUT2D eigenvalue weighted by atomic mass is 10.1. The molecule has 2 aromatic rings. The summed E-state index contributed by atoms with van der Waals surface area (Å²) < 4.78 is 1.00. The minimum atomic E-state index is 0.0658. The second-order valence-corrected chi connectivity index (χ2v) is 5.65. The van der Waals surface area contributed by atoms with Crippen LogP contribution in [0.15, 0.2) is 34.4 Å². The maximum Gasteiger partial charge on any atom is 0.0433 e. The van der Waals surface area contributed by atoms with E-state index in [0.717, 1.165) is 16.5 Å². The lowest BCUT2D eigenvalue weighted by Crippen LogP contribution is -2.12. The first-order valence-electron chi connectivity index (χ1n) is 5.06. The highest BCUT2D eigenvalue weighted by molar-refractivity contribution is 9.10. The van der Waals surface area contributed by atoms with Gasteiger partial charge in [-0.3, -0.25) is 4.98 Å². The highest BCUT2D eigenvalue weighted by Gasteiger charge is 2.11. The minimum absolute atomic E-state index is 0.0658. The standard InChI is InChI=1S/C12H13BrN2S/c1-8-2-3-16-12(8)11(14)5-9-4-10(13)7-15-6-9/h2-4,6-7,11H,5,14H2,1H3. The number of hydrogen-bond acceptors (Lipinski definition) is 3. The Balaban J connectivity index is 2.14. The molecule has 0 saturated heterocycles. The van der Waals surface area contributed by atoms with Crippen LogP contribution < -0.4 is 5.73 Å². The third-order valence-corrected chi connectivity index (χ3v) is 4.04. The van der Waals surface area contributed by atoms with Gasteiger partial charge in [0.2, 0.25) is 0 Å². The van der Waals surface area contributed by atoms with E-state index >= 15 is 0 Å². The van der Waals surface area contributed by atoms with Gasteiger partial charge in [0, 0.05) is 27.8 Å². The Bertz CT molecular complexity index is 481. The second kappa shape index (κ2) is 5.08. The van der Waals surface area contributed by atoms with Crippen molar-refractivity contribution < 1.29 is 0 Å². The molecule has 1 unspecified atom stereocenters. The highest BCUT2D eigenvalue weighted by atomic mass is 79.9. The molecule has 16 heavy (non-hydrogen) atoms. The Labute approximate surface area is 108 Å². The number of halogens is 1. The summed E-state index contributed by atoms with van der Waals surface area (Å²) in [6.07, 6.45) is 4.48. The molecule has 4 heteroatoms. The molecule has 84 valence electrons. The molecule has 0 saturated carbocycles. The van der Waals surface area contributed by atoms with Gasteiger partial charge < -0.3 is 5.73 Å². The van der Waals surface area contributed by atoms with Crippen LogP contribution in [0.2, 0.25) is 0 Å². The number of hydrogen-bond donors (Lipinski definition) is 1. The average molecular weight is 297 g/mol. The van der Waals surface area contributed by atoms with E-state index < -0.39 is 0 Å². The first-order valence-corrected chi connectivity index (χ1v) is 6.73. The van der Waals surface area contributed by atoms with Crippen LogP contribution in [0.3, 0.4) is 0 Å². The summed E-state index contributed by atoms with van der Waals surface area (Å²) in [7, 11) is 0. The van der Waals surface area contributed by atoms with Crippen LogP contribution in [0.4, 0.5) is 0 Å². The topological polar surface area (TPSA) is 38.9 Å². The first kappa shape index (κ1) is 11.8. The molecule has 1 atom stereocenters.